The maximum absolute atomic E-state index is 12.9. The molecule has 1 saturated heterocycles. The third-order valence-corrected chi connectivity index (χ3v) is 6.70. The van der Waals surface area contributed by atoms with Gasteiger partial charge in [-0.25, -0.2) is 8.42 Å². The molecule has 1 amide bonds. The van der Waals surface area contributed by atoms with E-state index < -0.39 is 10.0 Å². The van der Waals surface area contributed by atoms with E-state index in [0.717, 1.165) is 11.4 Å². The molecule has 1 aliphatic heterocycles. The monoisotopic (exact) mass is 422 g/mol. The van der Waals surface area contributed by atoms with Crippen molar-refractivity contribution in [3.63, 3.8) is 0 Å². The number of carbonyl (C=O) groups is 1. The highest BCUT2D eigenvalue weighted by Gasteiger charge is 2.31. The van der Waals surface area contributed by atoms with Crippen LogP contribution in [-0.4, -0.2) is 56.9 Å². The summed E-state index contributed by atoms with van der Waals surface area (Å²) in [7, 11) is -3.72. The Hall–Kier alpha value is -0.860. The molecule has 0 saturated carbocycles. The van der Waals surface area contributed by atoms with Gasteiger partial charge in [-0.2, -0.15) is 4.31 Å². The second kappa shape index (κ2) is 8.44. The number of hydrogen-bond donors (Lipinski definition) is 2. The molecule has 1 unspecified atom stereocenters. The van der Waals surface area contributed by atoms with Gasteiger partial charge in [0.15, 0.2) is 6.54 Å². The van der Waals surface area contributed by atoms with Crippen LogP contribution in [0.4, 0.5) is 0 Å². The predicted molar refractivity (Wildman–Crippen MR) is 103 cm³/mol. The highest BCUT2D eigenvalue weighted by Crippen LogP contribution is 2.27. The van der Waals surface area contributed by atoms with Gasteiger partial charge in [0.1, 0.15) is 4.90 Å². The predicted octanol–water partition coefficient (Wildman–Crippen LogP) is 1.19. The Kier molecular flexibility index (Phi) is 6.96. The average molecular weight is 423 g/mol. The minimum Gasteiger partial charge on any atom is -0.347 e. The summed E-state index contributed by atoms with van der Waals surface area (Å²) in [5, 5.41) is 3.43. The van der Waals surface area contributed by atoms with Crippen molar-refractivity contribution in [2.24, 2.45) is 0 Å². The van der Waals surface area contributed by atoms with E-state index >= 15 is 0 Å². The molecule has 2 rings (SSSR count). The molecular weight excluding hydrogens is 397 g/mol. The summed E-state index contributed by atoms with van der Waals surface area (Å²) in [5.41, 5.74) is -0.277. The molecule has 0 bridgehead atoms. The van der Waals surface area contributed by atoms with E-state index in [2.05, 4.69) is 5.32 Å². The van der Waals surface area contributed by atoms with E-state index in [-0.39, 0.29) is 21.4 Å². The normalized spacial score (nSPS) is 19.8. The molecule has 0 spiro atoms. The quantitative estimate of drug-likeness (QED) is 0.765. The number of hydrogen-bond acceptors (Lipinski definition) is 3. The van der Waals surface area contributed by atoms with Gasteiger partial charge in [0.2, 0.25) is 10.0 Å². The summed E-state index contributed by atoms with van der Waals surface area (Å²) < 4.78 is 27.3. The smallest absolute Gasteiger partial charge is 0.275 e. The maximum Gasteiger partial charge on any atom is 0.275 e. The molecular formula is C17H26Cl2N3O3S+. The molecule has 1 aliphatic rings. The Morgan fingerprint density at radius 1 is 1.23 bits per heavy atom. The van der Waals surface area contributed by atoms with E-state index in [1.807, 2.05) is 20.8 Å². The Morgan fingerprint density at radius 2 is 1.92 bits per heavy atom. The van der Waals surface area contributed by atoms with Crippen molar-refractivity contribution in [1.29, 1.82) is 0 Å². The van der Waals surface area contributed by atoms with Crippen LogP contribution in [0.1, 0.15) is 27.2 Å². The second-order valence-electron chi connectivity index (χ2n) is 7.56. The zero-order chi connectivity index (χ0) is 19.5. The first-order chi connectivity index (χ1) is 12.0. The lowest BCUT2D eigenvalue weighted by molar-refractivity contribution is -0.889. The Balaban J connectivity index is 2.06. The van der Waals surface area contributed by atoms with Crippen LogP contribution < -0.4 is 10.2 Å². The first-order valence-electron chi connectivity index (χ1n) is 8.59. The summed E-state index contributed by atoms with van der Waals surface area (Å²) in [6.45, 7) is 8.19. The molecule has 1 aromatic rings. The largest absolute Gasteiger partial charge is 0.347 e. The van der Waals surface area contributed by atoms with Gasteiger partial charge in [0.25, 0.3) is 5.91 Å². The SMILES string of the molecule is CC(C)(C)NC(=O)C[NH+]1CCCN(S(=O)(=O)c2cc(Cl)ccc2Cl)CC1. The van der Waals surface area contributed by atoms with E-state index in [1.165, 1.54) is 16.4 Å². The standard InChI is InChI=1S/C17H25Cl2N3O3S/c1-17(2,3)20-16(23)12-21-7-4-8-22(10-9-21)26(24,25)15-11-13(18)5-6-14(15)19/h5-6,11H,4,7-10,12H2,1-3H3,(H,20,23)/p+1. The molecule has 1 fully saturated rings. The fraction of sp³-hybridized carbons (Fsp3) is 0.588. The van der Waals surface area contributed by atoms with Crippen molar-refractivity contribution in [2.75, 3.05) is 32.7 Å². The number of carbonyl (C=O) groups excluding carboxylic acids is 1. The van der Waals surface area contributed by atoms with Gasteiger partial charge in [-0.1, -0.05) is 23.2 Å². The van der Waals surface area contributed by atoms with Gasteiger partial charge in [-0.05, 0) is 39.0 Å². The first-order valence-corrected chi connectivity index (χ1v) is 10.8. The van der Waals surface area contributed by atoms with Crippen LogP contribution >= 0.6 is 23.2 Å². The summed E-state index contributed by atoms with van der Waals surface area (Å²) in [5.74, 6) is -0.0262. The number of amides is 1. The van der Waals surface area contributed by atoms with Crippen molar-refractivity contribution in [1.82, 2.24) is 9.62 Å². The highest BCUT2D eigenvalue weighted by atomic mass is 35.5. The number of quaternary nitrogens is 1. The molecule has 0 aromatic heterocycles. The van der Waals surface area contributed by atoms with Crippen LogP contribution in [-0.2, 0) is 14.8 Å². The third-order valence-electron chi connectivity index (χ3n) is 4.09. The zero-order valence-electron chi connectivity index (χ0n) is 15.3. The van der Waals surface area contributed by atoms with E-state index in [4.69, 9.17) is 23.2 Å². The molecule has 6 nitrogen and oxygen atoms in total. The van der Waals surface area contributed by atoms with Gasteiger partial charge in [-0.15, -0.1) is 0 Å². The highest BCUT2D eigenvalue weighted by molar-refractivity contribution is 7.89. The fourth-order valence-electron chi connectivity index (χ4n) is 2.95. The summed E-state index contributed by atoms with van der Waals surface area (Å²) in [4.78, 5) is 13.2. The van der Waals surface area contributed by atoms with Gasteiger partial charge < -0.3 is 10.2 Å². The van der Waals surface area contributed by atoms with Crippen LogP contribution in [0.5, 0.6) is 0 Å². The second-order valence-corrected chi connectivity index (χ2v) is 10.3. The van der Waals surface area contributed by atoms with Crippen LogP contribution in [0.2, 0.25) is 10.0 Å². The summed E-state index contributed by atoms with van der Waals surface area (Å²) >= 11 is 12.0. The number of nitrogens with one attached hydrogen (secondary N) is 2. The van der Waals surface area contributed by atoms with Crippen LogP contribution in [0, 0.1) is 0 Å². The van der Waals surface area contributed by atoms with Gasteiger partial charge in [0.05, 0.1) is 24.7 Å². The molecule has 9 heteroatoms. The molecule has 2 N–H and O–H groups in total. The topological polar surface area (TPSA) is 70.9 Å². The number of nitrogens with zero attached hydrogens (tertiary/aromatic N) is 1. The van der Waals surface area contributed by atoms with Crippen molar-refractivity contribution in [3.8, 4) is 0 Å². The lowest BCUT2D eigenvalue weighted by atomic mass is 10.1. The summed E-state index contributed by atoms with van der Waals surface area (Å²) in [6.07, 6.45) is 0.676. The summed E-state index contributed by atoms with van der Waals surface area (Å²) in [6, 6.07) is 4.43. The molecule has 146 valence electrons. The minimum atomic E-state index is -3.72. The molecule has 0 radical (unpaired) electrons. The van der Waals surface area contributed by atoms with E-state index in [9.17, 15) is 13.2 Å². The zero-order valence-corrected chi connectivity index (χ0v) is 17.6. The molecule has 1 heterocycles. The van der Waals surface area contributed by atoms with Crippen molar-refractivity contribution < 1.29 is 18.1 Å². The number of halogens is 2. The maximum atomic E-state index is 12.9. The third kappa shape index (κ3) is 5.82. The molecule has 1 atom stereocenters. The van der Waals surface area contributed by atoms with Gasteiger partial charge >= 0.3 is 0 Å². The molecule has 0 aliphatic carbocycles. The lowest BCUT2D eigenvalue weighted by Crippen LogP contribution is -3.13. The number of benzene rings is 1. The first kappa shape index (κ1) is 21.4. The fourth-order valence-corrected chi connectivity index (χ4v) is 5.16. The minimum absolute atomic E-state index is 0.0262. The number of rotatable bonds is 4. The molecule has 1 aromatic carbocycles. The average Bonchev–Trinajstić information content (AvgIpc) is 2.73. The van der Waals surface area contributed by atoms with Gasteiger partial charge in [0, 0.05) is 23.5 Å². The van der Waals surface area contributed by atoms with Crippen molar-refractivity contribution >= 4 is 39.1 Å². The lowest BCUT2D eigenvalue weighted by Gasteiger charge is -2.23. The van der Waals surface area contributed by atoms with Gasteiger partial charge in [-0.3, -0.25) is 4.79 Å². The van der Waals surface area contributed by atoms with E-state index in [0.29, 0.717) is 37.6 Å². The van der Waals surface area contributed by atoms with Crippen LogP contribution in [0.25, 0.3) is 0 Å². The number of sulfonamides is 1. The van der Waals surface area contributed by atoms with Crippen LogP contribution in [0.3, 0.4) is 0 Å². The van der Waals surface area contributed by atoms with Crippen molar-refractivity contribution in [2.45, 2.75) is 37.6 Å². The Morgan fingerprint density at radius 3 is 2.58 bits per heavy atom. The van der Waals surface area contributed by atoms with E-state index in [1.54, 1.807) is 6.07 Å². The van der Waals surface area contributed by atoms with Crippen LogP contribution in [0.15, 0.2) is 23.1 Å². The Bertz CT molecular complexity index is 763. The van der Waals surface area contributed by atoms with Crippen molar-refractivity contribution in [3.05, 3.63) is 28.2 Å². The Labute approximate surface area is 165 Å². The molecule has 26 heavy (non-hydrogen) atoms.